The zero-order valence-corrected chi connectivity index (χ0v) is 16.9. The summed E-state index contributed by atoms with van der Waals surface area (Å²) < 4.78 is 38.1. The molecule has 0 saturated heterocycles. The first-order chi connectivity index (χ1) is 12.9. The minimum absolute atomic E-state index is 0.0105. The Labute approximate surface area is 163 Å². The zero-order valence-electron chi connectivity index (χ0n) is 16.9. The van der Waals surface area contributed by atoms with Crippen molar-refractivity contribution < 1.29 is 13.2 Å². The fraction of sp³-hybridized carbons (Fsp3) is 0.391. The average molecular weight is 386 g/mol. The highest BCUT2D eigenvalue weighted by atomic mass is 19.4. The van der Waals surface area contributed by atoms with E-state index in [1.165, 1.54) is 12.3 Å². The van der Waals surface area contributed by atoms with Crippen LogP contribution >= 0.6 is 0 Å². The van der Waals surface area contributed by atoms with Gasteiger partial charge < -0.3 is 0 Å². The SMILES string of the molecule is Cc1cc(CC(C)c2ccc(C(F)(F)F)nc2)cc2ccc(C(C)(C)C)nc12. The van der Waals surface area contributed by atoms with Gasteiger partial charge in [0.15, 0.2) is 0 Å². The number of alkyl halides is 3. The molecule has 0 aliphatic heterocycles. The Balaban J connectivity index is 1.86. The van der Waals surface area contributed by atoms with Crippen molar-refractivity contribution >= 4 is 10.9 Å². The lowest BCUT2D eigenvalue weighted by molar-refractivity contribution is -0.141. The lowest BCUT2D eigenvalue weighted by atomic mass is 9.90. The highest BCUT2D eigenvalue weighted by Gasteiger charge is 2.32. The number of benzene rings is 1. The molecule has 0 saturated carbocycles. The fourth-order valence-corrected chi connectivity index (χ4v) is 3.36. The van der Waals surface area contributed by atoms with Crippen LogP contribution in [0.4, 0.5) is 13.2 Å². The quantitative estimate of drug-likeness (QED) is 0.507. The predicted molar refractivity (Wildman–Crippen MR) is 107 cm³/mol. The summed E-state index contributed by atoms with van der Waals surface area (Å²) in [5.74, 6) is 0.0634. The Hall–Kier alpha value is -2.43. The molecular weight excluding hydrogens is 361 g/mol. The molecule has 1 aromatic carbocycles. The lowest BCUT2D eigenvalue weighted by Crippen LogP contribution is -2.13. The van der Waals surface area contributed by atoms with E-state index >= 15 is 0 Å². The summed E-state index contributed by atoms with van der Waals surface area (Å²) in [6.45, 7) is 10.5. The van der Waals surface area contributed by atoms with Gasteiger partial charge in [0.1, 0.15) is 5.69 Å². The van der Waals surface area contributed by atoms with E-state index in [4.69, 9.17) is 4.98 Å². The van der Waals surface area contributed by atoms with E-state index < -0.39 is 11.9 Å². The van der Waals surface area contributed by atoms with Crippen LogP contribution < -0.4 is 0 Å². The second-order valence-electron chi connectivity index (χ2n) is 8.51. The van der Waals surface area contributed by atoms with Gasteiger partial charge in [-0.25, -0.2) is 0 Å². The van der Waals surface area contributed by atoms with Crippen LogP contribution in [0.3, 0.4) is 0 Å². The maximum atomic E-state index is 12.7. The molecule has 0 amide bonds. The molecule has 5 heteroatoms. The van der Waals surface area contributed by atoms with Crippen molar-refractivity contribution in [1.82, 2.24) is 9.97 Å². The molecule has 0 spiro atoms. The minimum Gasteiger partial charge on any atom is -0.252 e. The van der Waals surface area contributed by atoms with E-state index in [0.717, 1.165) is 45.8 Å². The number of rotatable bonds is 3. The highest BCUT2D eigenvalue weighted by molar-refractivity contribution is 5.82. The van der Waals surface area contributed by atoms with E-state index in [0.29, 0.717) is 0 Å². The van der Waals surface area contributed by atoms with E-state index in [-0.39, 0.29) is 11.3 Å². The first kappa shape index (κ1) is 20.3. The molecule has 0 N–H and O–H groups in total. The summed E-state index contributed by atoms with van der Waals surface area (Å²) >= 11 is 0. The molecule has 148 valence electrons. The van der Waals surface area contributed by atoms with Crippen molar-refractivity contribution in [3.05, 3.63) is 70.7 Å². The van der Waals surface area contributed by atoms with Gasteiger partial charge in [-0.05, 0) is 54.2 Å². The number of fused-ring (bicyclic) bond motifs is 1. The molecule has 2 nitrogen and oxygen atoms in total. The third-order valence-electron chi connectivity index (χ3n) is 5.00. The Morgan fingerprint density at radius 1 is 0.964 bits per heavy atom. The summed E-state index contributed by atoms with van der Waals surface area (Å²) in [6, 6.07) is 11.0. The number of aryl methyl sites for hydroxylation is 1. The summed E-state index contributed by atoms with van der Waals surface area (Å²) in [7, 11) is 0. The number of hydrogen-bond acceptors (Lipinski definition) is 2. The van der Waals surface area contributed by atoms with E-state index in [9.17, 15) is 13.2 Å². The Morgan fingerprint density at radius 3 is 2.21 bits per heavy atom. The van der Waals surface area contributed by atoms with Crippen molar-refractivity contribution in [3.63, 3.8) is 0 Å². The molecule has 2 aromatic heterocycles. The van der Waals surface area contributed by atoms with Crippen molar-refractivity contribution in [2.75, 3.05) is 0 Å². The Morgan fingerprint density at radius 2 is 1.64 bits per heavy atom. The third kappa shape index (κ3) is 4.34. The van der Waals surface area contributed by atoms with Crippen LogP contribution in [0.25, 0.3) is 10.9 Å². The summed E-state index contributed by atoms with van der Waals surface area (Å²) in [5, 5.41) is 1.08. The molecule has 3 rings (SSSR count). The third-order valence-corrected chi connectivity index (χ3v) is 5.00. The lowest BCUT2D eigenvalue weighted by Gasteiger charge is -2.19. The van der Waals surface area contributed by atoms with Crippen molar-refractivity contribution in [3.8, 4) is 0 Å². The monoisotopic (exact) mass is 386 g/mol. The van der Waals surface area contributed by atoms with Crippen LogP contribution in [0.15, 0.2) is 42.6 Å². The number of nitrogens with zero attached hydrogens (tertiary/aromatic N) is 2. The molecule has 0 aliphatic carbocycles. The number of hydrogen-bond donors (Lipinski definition) is 0. The maximum Gasteiger partial charge on any atom is 0.433 e. The van der Waals surface area contributed by atoms with Gasteiger partial charge in [-0.3, -0.25) is 9.97 Å². The number of aromatic nitrogens is 2. The normalized spacial score (nSPS) is 13.7. The van der Waals surface area contributed by atoms with Gasteiger partial charge in [0, 0.05) is 22.7 Å². The first-order valence-corrected chi connectivity index (χ1v) is 9.39. The zero-order chi connectivity index (χ0) is 20.7. The molecule has 0 radical (unpaired) electrons. The predicted octanol–water partition coefficient (Wildman–Crippen LogP) is 6.60. The van der Waals surface area contributed by atoms with Crippen molar-refractivity contribution in [1.29, 1.82) is 0 Å². The van der Waals surface area contributed by atoms with Crippen LogP contribution in [0, 0.1) is 6.92 Å². The van der Waals surface area contributed by atoms with Crippen molar-refractivity contribution in [2.45, 2.75) is 58.5 Å². The number of halogens is 3. The first-order valence-electron chi connectivity index (χ1n) is 9.39. The van der Waals surface area contributed by atoms with Gasteiger partial charge in [-0.1, -0.05) is 45.9 Å². The topological polar surface area (TPSA) is 25.8 Å². The van der Waals surface area contributed by atoms with Crippen molar-refractivity contribution in [2.24, 2.45) is 0 Å². The van der Waals surface area contributed by atoms with E-state index in [1.54, 1.807) is 0 Å². The number of pyridine rings is 2. The molecule has 1 unspecified atom stereocenters. The Kier molecular flexibility index (Phi) is 5.22. The molecule has 0 bridgehead atoms. The smallest absolute Gasteiger partial charge is 0.252 e. The van der Waals surface area contributed by atoms with E-state index in [1.807, 2.05) is 6.92 Å². The molecular formula is C23H25F3N2. The van der Waals surface area contributed by atoms with E-state index in [2.05, 4.69) is 56.9 Å². The van der Waals surface area contributed by atoms with Gasteiger partial charge in [0.2, 0.25) is 0 Å². The Bertz CT molecular complexity index is 984. The summed E-state index contributed by atoms with van der Waals surface area (Å²) in [6.07, 6.45) is -2.35. The van der Waals surface area contributed by atoms with Gasteiger partial charge in [0.25, 0.3) is 0 Å². The molecule has 0 fully saturated rings. The molecule has 1 atom stereocenters. The van der Waals surface area contributed by atoms with Crippen LogP contribution in [0.1, 0.15) is 61.7 Å². The summed E-state index contributed by atoms with van der Waals surface area (Å²) in [5.41, 5.74) is 4.24. The van der Waals surface area contributed by atoms with Gasteiger partial charge in [-0.15, -0.1) is 0 Å². The molecule has 3 aromatic rings. The fourth-order valence-electron chi connectivity index (χ4n) is 3.36. The summed E-state index contributed by atoms with van der Waals surface area (Å²) in [4.78, 5) is 8.42. The highest BCUT2D eigenvalue weighted by Crippen LogP contribution is 2.30. The molecule has 0 aliphatic rings. The molecule has 2 heterocycles. The largest absolute Gasteiger partial charge is 0.433 e. The standard InChI is InChI=1S/C23H25F3N2/c1-14(18-7-9-20(27-13-18)23(24,25)26)10-16-11-15(2)21-17(12-16)6-8-19(28-21)22(3,4)5/h6-9,11-14H,10H2,1-5H3. The van der Waals surface area contributed by atoms with Gasteiger partial charge in [0.05, 0.1) is 5.52 Å². The van der Waals surface area contributed by atoms with Crippen LogP contribution in [0.5, 0.6) is 0 Å². The molecule has 28 heavy (non-hydrogen) atoms. The van der Waals surface area contributed by atoms with Crippen LogP contribution in [0.2, 0.25) is 0 Å². The van der Waals surface area contributed by atoms with Crippen LogP contribution in [-0.4, -0.2) is 9.97 Å². The van der Waals surface area contributed by atoms with Gasteiger partial charge in [-0.2, -0.15) is 13.2 Å². The second kappa shape index (κ2) is 7.19. The average Bonchev–Trinajstić information content (AvgIpc) is 2.60. The minimum atomic E-state index is -4.41. The second-order valence-corrected chi connectivity index (χ2v) is 8.51. The van der Waals surface area contributed by atoms with Crippen LogP contribution in [-0.2, 0) is 18.0 Å². The maximum absolute atomic E-state index is 12.7. The van der Waals surface area contributed by atoms with Gasteiger partial charge >= 0.3 is 6.18 Å².